The number of esters is 1. The largest absolute Gasteiger partial charge is 0.468 e. The number of nitrogens with zero attached hydrogens (tertiary/aromatic N) is 4. The molecule has 1 aliphatic rings. The van der Waals surface area contributed by atoms with Crippen molar-refractivity contribution in [2.24, 2.45) is 0 Å². The van der Waals surface area contributed by atoms with E-state index in [0.29, 0.717) is 4.88 Å². The van der Waals surface area contributed by atoms with Crippen LogP contribution in [0.15, 0.2) is 6.33 Å². The number of anilines is 1. The Morgan fingerprint density at radius 3 is 2.52 bits per heavy atom. The zero-order chi connectivity index (χ0) is 19.4. The zero-order valence-electron chi connectivity index (χ0n) is 16.2. The van der Waals surface area contributed by atoms with Crippen LogP contribution in [0.2, 0.25) is 0 Å². The third-order valence-corrected chi connectivity index (χ3v) is 6.19. The summed E-state index contributed by atoms with van der Waals surface area (Å²) in [6, 6.07) is 0. The van der Waals surface area contributed by atoms with Crippen molar-refractivity contribution in [3.63, 3.8) is 0 Å². The molecule has 3 heterocycles. The fourth-order valence-electron chi connectivity index (χ4n) is 3.46. The van der Waals surface area contributed by atoms with Gasteiger partial charge >= 0.3 is 5.97 Å². The summed E-state index contributed by atoms with van der Waals surface area (Å²) < 4.78 is 4.66. The highest BCUT2D eigenvalue weighted by Gasteiger charge is 2.24. The molecule has 0 radical (unpaired) electrons. The number of thiophene rings is 1. The lowest BCUT2D eigenvalue weighted by Crippen LogP contribution is -2.32. The van der Waals surface area contributed by atoms with Crippen LogP contribution in [0.4, 0.5) is 5.82 Å². The topological polar surface area (TPSA) is 75.6 Å². The molecule has 8 heteroatoms. The summed E-state index contributed by atoms with van der Waals surface area (Å²) in [6.45, 7) is 3.82. The minimum absolute atomic E-state index is 0.0757. The van der Waals surface area contributed by atoms with Gasteiger partial charge in [-0.15, -0.1) is 11.3 Å². The Labute approximate surface area is 163 Å². The van der Waals surface area contributed by atoms with Crippen LogP contribution in [-0.2, 0) is 9.53 Å². The van der Waals surface area contributed by atoms with Crippen LogP contribution in [0.3, 0.4) is 0 Å². The summed E-state index contributed by atoms with van der Waals surface area (Å²) in [5.41, 5.74) is 0.884. The smallest absolute Gasteiger partial charge is 0.325 e. The van der Waals surface area contributed by atoms with Gasteiger partial charge in [0.15, 0.2) is 0 Å². The molecule has 0 N–H and O–H groups in total. The summed E-state index contributed by atoms with van der Waals surface area (Å²) in [5.74, 6) is 0.288. The number of amides is 1. The Balaban J connectivity index is 1.94. The first-order chi connectivity index (χ1) is 13.0. The highest BCUT2D eigenvalue weighted by Crippen LogP contribution is 2.36. The molecule has 3 rings (SSSR count). The van der Waals surface area contributed by atoms with Gasteiger partial charge in [-0.1, -0.05) is 19.3 Å². The molecule has 0 aliphatic carbocycles. The third kappa shape index (κ3) is 4.21. The molecule has 0 atom stereocenters. The van der Waals surface area contributed by atoms with Gasteiger partial charge in [0.2, 0.25) is 0 Å². The number of carbonyl (C=O) groups excluding carboxylic acids is 2. The van der Waals surface area contributed by atoms with Crippen molar-refractivity contribution in [2.75, 3.05) is 38.7 Å². The highest BCUT2D eigenvalue weighted by atomic mass is 32.1. The lowest BCUT2D eigenvalue weighted by atomic mass is 10.1. The van der Waals surface area contributed by atoms with E-state index in [4.69, 9.17) is 0 Å². The summed E-state index contributed by atoms with van der Waals surface area (Å²) in [5, 5.41) is 0.956. The van der Waals surface area contributed by atoms with Crippen molar-refractivity contribution in [1.29, 1.82) is 0 Å². The van der Waals surface area contributed by atoms with Crippen molar-refractivity contribution >= 4 is 39.2 Å². The van der Waals surface area contributed by atoms with Crippen LogP contribution >= 0.6 is 11.3 Å². The van der Waals surface area contributed by atoms with E-state index in [-0.39, 0.29) is 12.5 Å². The fourth-order valence-corrected chi connectivity index (χ4v) is 4.60. The maximum Gasteiger partial charge on any atom is 0.325 e. The van der Waals surface area contributed by atoms with Crippen LogP contribution in [0.1, 0.15) is 47.3 Å². The first-order valence-corrected chi connectivity index (χ1v) is 10.2. The number of carbonyl (C=O) groups is 2. The first kappa shape index (κ1) is 19.5. The van der Waals surface area contributed by atoms with E-state index < -0.39 is 5.97 Å². The van der Waals surface area contributed by atoms with Crippen molar-refractivity contribution in [3.8, 4) is 0 Å². The molecule has 1 aliphatic heterocycles. The average molecular weight is 391 g/mol. The van der Waals surface area contributed by atoms with E-state index >= 15 is 0 Å². The quantitative estimate of drug-likeness (QED) is 0.747. The number of methoxy groups -OCH3 is 1. The van der Waals surface area contributed by atoms with Crippen molar-refractivity contribution in [3.05, 3.63) is 16.8 Å². The second-order valence-electron chi connectivity index (χ2n) is 6.93. The van der Waals surface area contributed by atoms with Gasteiger partial charge in [0.1, 0.15) is 23.5 Å². The molecule has 1 saturated heterocycles. The monoisotopic (exact) mass is 390 g/mol. The SMILES string of the molecule is COC(=O)CN(C)C(=O)c1sc2ncnc(N3CCCCCCC3)c2c1C. The molecule has 1 fully saturated rings. The standard InChI is InChI=1S/C19H26N4O3S/c1-13-15-17(23-9-7-5-4-6-8-10-23)20-12-21-18(15)27-16(13)19(25)22(2)11-14(24)26-3/h12H,4-11H2,1-3H3. The van der Waals surface area contributed by atoms with E-state index in [9.17, 15) is 9.59 Å². The maximum atomic E-state index is 12.8. The molecule has 0 spiro atoms. The molecule has 0 unspecified atom stereocenters. The molecule has 2 aromatic heterocycles. The number of aromatic nitrogens is 2. The lowest BCUT2D eigenvalue weighted by molar-refractivity contribution is -0.141. The molecule has 2 aromatic rings. The Bertz CT molecular complexity index is 828. The second kappa shape index (κ2) is 8.65. The van der Waals surface area contributed by atoms with Gasteiger partial charge in [-0.3, -0.25) is 9.59 Å². The van der Waals surface area contributed by atoms with Crippen molar-refractivity contribution in [2.45, 2.75) is 39.0 Å². The van der Waals surface area contributed by atoms with E-state index in [1.54, 1.807) is 13.4 Å². The van der Waals surface area contributed by atoms with Gasteiger partial charge in [0.25, 0.3) is 5.91 Å². The van der Waals surface area contributed by atoms with Gasteiger partial charge in [-0.25, -0.2) is 9.97 Å². The summed E-state index contributed by atoms with van der Waals surface area (Å²) in [4.78, 5) is 38.4. The van der Waals surface area contributed by atoms with Crippen molar-refractivity contribution < 1.29 is 14.3 Å². The Morgan fingerprint density at radius 1 is 1.19 bits per heavy atom. The molecule has 0 bridgehead atoms. The van der Waals surface area contributed by atoms with Gasteiger partial charge in [0, 0.05) is 20.1 Å². The highest BCUT2D eigenvalue weighted by molar-refractivity contribution is 7.20. The van der Waals surface area contributed by atoms with E-state index in [2.05, 4.69) is 19.6 Å². The van der Waals surface area contributed by atoms with Crippen LogP contribution < -0.4 is 4.90 Å². The molecule has 27 heavy (non-hydrogen) atoms. The zero-order valence-corrected chi connectivity index (χ0v) is 17.0. The first-order valence-electron chi connectivity index (χ1n) is 9.34. The Kier molecular flexibility index (Phi) is 6.26. The average Bonchev–Trinajstić information content (AvgIpc) is 2.97. The van der Waals surface area contributed by atoms with Crippen LogP contribution in [-0.4, -0.2) is 60.5 Å². The van der Waals surface area contributed by atoms with E-state index in [0.717, 1.165) is 47.5 Å². The maximum absolute atomic E-state index is 12.8. The molecule has 7 nitrogen and oxygen atoms in total. The number of likely N-dealkylation sites (N-methyl/N-ethyl adjacent to an activating group) is 1. The van der Waals surface area contributed by atoms with Gasteiger partial charge < -0.3 is 14.5 Å². The molecule has 0 saturated carbocycles. The second-order valence-corrected chi connectivity index (χ2v) is 7.92. The minimum Gasteiger partial charge on any atom is -0.468 e. The molecule has 0 aromatic carbocycles. The predicted molar refractivity (Wildman–Crippen MR) is 106 cm³/mol. The normalized spacial score (nSPS) is 15.3. The fraction of sp³-hybridized carbons (Fsp3) is 0.579. The number of rotatable bonds is 4. The molecular weight excluding hydrogens is 364 g/mol. The summed E-state index contributed by atoms with van der Waals surface area (Å²) in [6.07, 6.45) is 7.68. The predicted octanol–water partition coefficient (Wildman–Crippen LogP) is 3.02. The van der Waals surface area contributed by atoms with Gasteiger partial charge in [-0.2, -0.15) is 0 Å². The number of fused-ring (bicyclic) bond motifs is 1. The van der Waals surface area contributed by atoms with Crippen LogP contribution in [0.25, 0.3) is 10.2 Å². The number of hydrogen-bond acceptors (Lipinski definition) is 7. The number of ether oxygens (including phenoxy) is 1. The Hall–Kier alpha value is -2.22. The van der Waals surface area contributed by atoms with Crippen LogP contribution in [0.5, 0.6) is 0 Å². The lowest BCUT2D eigenvalue weighted by Gasteiger charge is -2.26. The molecular formula is C19H26N4O3S. The van der Waals surface area contributed by atoms with E-state index in [1.807, 2.05) is 6.92 Å². The molecule has 146 valence electrons. The number of hydrogen-bond donors (Lipinski definition) is 0. The third-order valence-electron chi connectivity index (χ3n) is 5.00. The van der Waals surface area contributed by atoms with Crippen LogP contribution in [0, 0.1) is 6.92 Å². The van der Waals surface area contributed by atoms with Crippen molar-refractivity contribution in [1.82, 2.24) is 14.9 Å². The van der Waals surface area contributed by atoms with Gasteiger partial charge in [0.05, 0.1) is 17.4 Å². The summed E-state index contributed by atoms with van der Waals surface area (Å²) in [7, 11) is 2.92. The number of aryl methyl sites for hydroxylation is 1. The summed E-state index contributed by atoms with van der Waals surface area (Å²) >= 11 is 1.36. The minimum atomic E-state index is -0.439. The van der Waals surface area contributed by atoms with E-state index in [1.165, 1.54) is 42.6 Å². The molecule has 1 amide bonds. The van der Waals surface area contributed by atoms with Gasteiger partial charge in [-0.05, 0) is 25.3 Å². The Morgan fingerprint density at radius 2 is 1.85 bits per heavy atom.